The number of thioether (sulfide) groups is 1. The van der Waals surface area contributed by atoms with E-state index in [2.05, 4.69) is 6.58 Å². The minimum Gasteiger partial charge on any atom is -0.490 e. The topological polar surface area (TPSA) is 55.8 Å². The average Bonchev–Trinajstić information content (AvgIpc) is 2.96. The van der Waals surface area contributed by atoms with Gasteiger partial charge in [-0.25, -0.2) is 0 Å². The summed E-state index contributed by atoms with van der Waals surface area (Å²) in [6.07, 6.45) is 3.22. The van der Waals surface area contributed by atoms with Crippen LogP contribution < -0.4 is 9.47 Å². The summed E-state index contributed by atoms with van der Waals surface area (Å²) in [6, 6.07) is 10.5. The van der Waals surface area contributed by atoms with E-state index in [0.29, 0.717) is 44.2 Å². The molecule has 0 saturated carbocycles. The lowest BCUT2D eigenvalue weighted by Crippen LogP contribution is -2.27. The van der Waals surface area contributed by atoms with Crippen molar-refractivity contribution >= 4 is 52.2 Å². The van der Waals surface area contributed by atoms with Gasteiger partial charge in [0.25, 0.3) is 11.1 Å². The average molecular weight is 464 g/mol. The zero-order valence-corrected chi connectivity index (χ0v) is 18.5. The molecule has 0 spiro atoms. The molecular formula is C22H19Cl2NO4S. The number of amides is 2. The number of carbonyl (C=O) groups is 2. The lowest BCUT2D eigenvalue weighted by atomic mass is 10.1. The molecule has 0 N–H and O–H groups in total. The molecule has 1 fully saturated rings. The molecule has 1 saturated heterocycles. The first-order valence-corrected chi connectivity index (χ1v) is 10.7. The second-order valence-corrected chi connectivity index (χ2v) is 8.03. The number of halogens is 2. The largest absolute Gasteiger partial charge is 0.490 e. The quantitative estimate of drug-likeness (QED) is 0.344. The van der Waals surface area contributed by atoms with Crippen LogP contribution in [0.5, 0.6) is 11.5 Å². The van der Waals surface area contributed by atoms with Gasteiger partial charge in [0.1, 0.15) is 6.61 Å². The monoisotopic (exact) mass is 463 g/mol. The summed E-state index contributed by atoms with van der Waals surface area (Å²) in [7, 11) is 0. The molecular weight excluding hydrogens is 445 g/mol. The van der Waals surface area contributed by atoms with Crippen LogP contribution in [0, 0.1) is 0 Å². The van der Waals surface area contributed by atoms with E-state index in [1.807, 2.05) is 13.0 Å². The van der Waals surface area contributed by atoms with Crippen LogP contribution in [-0.2, 0) is 11.3 Å². The Morgan fingerprint density at radius 2 is 1.90 bits per heavy atom. The molecule has 3 rings (SSSR count). The molecule has 30 heavy (non-hydrogen) atoms. The van der Waals surface area contributed by atoms with E-state index in [1.165, 1.54) is 4.90 Å². The first-order chi connectivity index (χ1) is 14.4. The highest BCUT2D eigenvalue weighted by Crippen LogP contribution is 2.39. The van der Waals surface area contributed by atoms with Gasteiger partial charge in [-0.05, 0) is 54.1 Å². The fourth-order valence-corrected chi connectivity index (χ4v) is 4.11. The number of hydrogen-bond donors (Lipinski definition) is 0. The number of imide groups is 1. The highest BCUT2D eigenvalue weighted by molar-refractivity contribution is 8.18. The molecule has 156 valence electrons. The maximum absolute atomic E-state index is 12.8. The van der Waals surface area contributed by atoms with Crippen LogP contribution in [0.3, 0.4) is 0 Å². The van der Waals surface area contributed by atoms with Crippen molar-refractivity contribution in [3.05, 3.63) is 75.1 Å². The molecule has 2 aromatic rings. The molecule has 0 atom stereocenters. The van der Waals surface area contributed by atoms with Gasteiger partial charge < -0.3 is 9.47 Å². The number of ether oxygens (including phenoxy) is 2. The van der Waals surface area contributed by atoms with Crippen molar-refractivity contribution in [2.24, 2.45) is 0 Å². The summed E-state index contributed by atoms with van der Waals surface area (Å²) in [4.78, 5) is 26.7. The van der Waals surface area contributed by atoms with Crippen molar-refractivity contribution in [3.63, 3.8) is 0 Å². The summed E-state index contributed by atoms with van der Waals surface area (Å²) in [5.41, 5.74) is 1.32. The Labute approximate surface area is 189 Å². The number of rotatable bonds is 8. The van der Waals surface area contributed by atoms with Crippen LogP contribution in [0.4, 0.5) is 4.79 Å². The zero-order chi connectivity index (χ0) is 21.7. The van der Waals surface area contributed by atoms with Crippen LogP contribution in [0.15, 0.2) is 54.0 Å². The van der Waals surface area contributed by atoms with Crippen LogP contribution in [0.25, 0.3) is 6.08 Å². The SMILES string of the molecule is C=CCOc1c(Cl)cc(/C=C2\SC(=O)N(Cc3ccccc3Cl)C2=O)cc1OCC. The Hall–Kier alpha value is -2.41. The van der Waals surface area contributed by atoms with Crippen LogP contribution in [0.2, 0.25) is 10.0 Å². The smallest absolute Gasteiger partial charge is 0.293 e. The van der Waals surface area contributed by atoms with Gasteiger partial charge >= 0.3 is 0 Å². The van der Waals surface area contributed by atoms with Gasteiger partial charge in [0.05, 0.1) is 23.1 Å². The molecule has 2 aromatic carbocycles. The van der Waals surface area contributed by atoms with E-state index in [0.717, 1.165) is 11.8 Å². The van der Waals surface area contributed by atoms with Gasteiger partial charge in [-0.2, -0.15) is 0 Å². The van der Waals surface area contributed by atoms with Gasteiger partial charge in [-0.3, -0.25) is 14.5 Å². The maximum atomic E-state index is 12.8. The van der Waals surface area contributed by atoms with Crippen LogP contribution in [-0.4, -0.2) is 29.3 Å². The molecule has 0 bridgehead atoms. The maximum Gasteiger partial charge on any atom is 0.293 e. The van der Waals surface area contributed by atoms with Gasteiger partial charge in [0.2, 0.25) is 0 Å². The molecule has 8 heteroatoms. The normalized spacial score (nSPS) is 15.0. The van der Waals surface area contributed by atoms with Gasteiger partial charge in [-0.15, -0.1) is 0 Å². The van der Waals surface area contributed by atoms with Gasteiger partial charge in [0, 0.05) is 5.02 Å². The first kappa shape index (κ1) is 22.3. The van der Waals surface area contributed by atoms with Crippen LogP contribution in [0.1, 0.15) is 18.1 Å². The Balaban J connectivity index is 1.87. The molecule has 1 heterocycles. The Morgan fingerprint density at radius 1 is 1.13 bits per heavy atom. The summed E-state index contributed by atoms with van der Waals surface area (Å²) in [6.45, 7) is 6.27. The standard InChI is InChI=1S/C22H19Cl2NO4S/c1-3-9-29-20-17(24)10-14(11-18(20)28-4-2)12-19-21(26)25(22(27)30-19)13-15-7-5-6-8-16(15)23/h3,5-8,10-12H,1,4,9,13H2,2H3/b19-12-. The summed E-state index contributed by atoms with van der Waals surface area (Å²) in [5.74, 6) is 0.474. The summed E-state index contributed by atoms with van der Waals surface area (Å²) >= 11 is 13.4. The van der Waals surface area contributed by atoms with Crippen LogP contribution >= 0.6 is 35.0 Å². The summed E-state index contributed by atoms with van der Waals surface area (Å²) < 4.78 is 11.2. The first-order valence-electron chi connectivity index (χ1n) is 9.13. The van der Waals surface area contributed by atoms with Crippen molar-refractivity contribution in [3.8, 4) is 11.5 Å². The number of nitrogens with zero attached hydrogens (tertiary/aromatic N) is 1. The number of benzene rings is 2. The van der Waals surface area contributed by atoms with Crippen molar-refractivity contribution in [2.45, 2.75) is 13.5 Å². The Kier molecular flexibility index (Phi) is 7.48. The number of carbonyl (C=O) groups excluding carboxylic acids is 2. The highest BCUT2D eigenvalue weighted by Gasteiger charge is 2.35. The molecule has 0 unspecified atom stereocenters. The molecule has 1 aliphatic rings. The second kappa shape index (κ2) is 10.1. The third-order valence-corrected chi connectivity index (χ3v) is 5.69. The third kappa shape index (κ3) is 5.01. The molecule has 5 nitrogen and oxygen atoms in total. The number of hydrogen-bond acceptors (Lipinski definition) is 5. The van der Waals surface area contributed by atoms with E-state index < -0.39 is 0 Å². The van der Waals surface area contributed by atoms with E-state index in [-0.39, 0.29) is 24.3 Å². The lowest BCUT2D eigenvalue weighted by Gasteiger charge is -2.14. The highest BCUT2D eigenvalue weighted by atomic mass is 35.5. The predicted octanol–water partition coefficient (Wildman–Crippen LogP) is 6.19. The molecule has 0 aromatic heterocycles. The minimum absolute atomic E-state index is 0.112. The van der Waals surface area contributed by atoms with Gasteiger partial charge in [0.15, 0.2) is 11.5 Å². The molecule has 1 aliphatic heterocycles. The predicted molar refractivity (Wildman–Crippen MR) is 121 cm³/mol. The fraction of sp³-hybridized carbons (Fsp3) is 0.182. The van der Waals surface area contributed by atoms with Crippen molar-refractivity contribution in [1.29, 1.82) is 0 Å². The molecule has 0 radical (unpaired) electrons. The van der Waals surface area contributed by atoms with Crippen molar-refractivity contribution < 1.29 is 19.1 Å². The van der Waals surface area contributed by atoms with E-state index >= 15 is 0 Å². The van der Waals surface area contributed by atoms with E-state index in [9.17, 15) is 9.59 Å². The minimum atomic E-state index is -0.383. The summed E-state index contributed by atoms with van der Waals surface area (Å²) in [5, 5.41) is 0.487. The van der Waals surface area contributed by atoms with Crippen molar-refractivity contribution in [2.75, 3.05) is 13.2 Å². The fourth-order valence-electron chi connectivity index (χ4n) is 2.80. The van der Waals surface area contributed by atoms with Gasteiger partial charge in [-0.1, -0.05) is 54.1 Å². The Bertz CT molecular complexity index is 1020. The molecule has 2 amide bonds. The van der Waals surface area contributed by atoms with Crippen molar-refractivity contribution in [1.82, 2.24) is 4.90 Å². The second-order valence-electron chi connectivity index (χ2n) is 6.22. The molecule has 0 aliphatic carbocycles. The van der Waals surface area contributed by atoms with E-state index in [1.54, 1.807) is 42.5 Å². The lowest BCUT2D eigenvalue weighted by molar-refractivity contribution is -0.123. The Morgan fingerprint density at radius 3 is 2.60 bits per heavy atom. The van der Waals surface area contributed by atoms with E-state index in [4.69, 9.17) is 32.7 Å². The third-order valence-electron chi connectivity index (χ3n) is 4.13. The zero-order valence-electron chi connectivity index (χ0n) is 16.2.